The lowest BCUT2D eigenvalue weighted by molar-refractivity contribution is 0.210. The van der Waals surface area contributed by atoms with Crippen molar-refractivity contribution in [3.63, 3.8) is 0 Å². The van der Waals surface area contributed by atoms with Crippen LogP contribution < -0.4 is 5.32 Å². The Labute approximate surface area is 119 Å². The maximum absolute atomic E-state index is 10.6. The second-order valence-electron chi connectivity index (χ2n) is 4.18. The van der Waals surface area contributed by atoms with E-state index in [-0.39, 0.29) is 0 Å². The molecule has 104 valence electrons. The Morgan fingerprint density at radius 3 is 2.81 bits per heavy atom. The van der Waals surface area contributed by atoms with Gasteiger partial charge in [-0.2, -0.15) is 4.98 Å². The lowest BCUT2D eigenvalue weighted by Crippen LogP contribution is -2.06. The molecule has 21 heavy (non-hydrogen) atoms. The van der Waals surface area contributed by atoms with Crippen molar-refractivity contribution in [1.29, 1.82) is 0 Å². The number of nitrogens with one attached hydrogen (secondary N) is 1. The average Bonchev–Trinajstić information content (AvgIpc) is 2.98. The molecule has 0 aliphatic rings. The summed E-state index contributed by atoms with van der Waals surface area (Å²) in [5, 5.41) is 14.9. The summed E-state index contributed by atoms with van der Waals surface area (Å²) in [5.74, 6) is 0.734. The van der Waals surface area contributed by atoms with Crippen molar-refractivity contribution >= 4 is 11.8 Å². The number of nitrogens with zero attached hydrogens (tertiary/aromatic N) is 3. The van der Waals surface area contributed by atoms with Gasteiger partial charge in [0.2, 0.25) is 5.82 Å². The Bertz CT molecular complexity index is 771. The van der Waals surface area contributed by atoms with Crippen molar-refractivity contribution in [3.05, 3.63) is 48.8 Å². The molecular weight excluding hydrogens is 272 g/mol. The summed E-state index contributed by atoms with van der Waals surface area (Å²) in [6, 6.07) is 10.3. The number of carbonyl (C=O) groups is 1. The first-order valence-corrected chi connectivity index (χ1v) is 6.07. The fourth-order valence-corrected chi connectivity index (χ4v) is 1.81. The average molecular weight is 282 g/mol. The highest BCUT2D eigenvalue weighted by Gasteiger charge is 2.11. The van der Waals surface area contributed by atoms with E-state index < -0.39 is 6.09 Å². The predicted molar refractivity (Wildman–Crippen MR) is 74.6 cm³/mol. The van der Waals surface area contributed by atoms with Crippen LogP contribution in [-0.2, 0) is 0 Å². The zero-order chi connectivity index (χ0) is 14.7. The minimum absolute atomic E-state index is 0.308. The Morgan fingerprint density at radius 1 is 1.19 bits per heavy atom. The zero-order valence-corrected chi connectivity index (χ0v) is 10.7. The van der Waals surface area contributed by atoms with Crippen LogP contribution in [0.25, 0.3) is 22.8 Å². The summed E-state index contributed by atoms with van der Waals surface area (Å²) in [6.07, 6.45) is 2.16. The van der Waals surface area contributed by atoms with E-state index in [0.29, 0.717) is 23.0 Å². The van der Waals surface area contributed by atoms with Gasteiger partial charge in [-0.25, -0.2) is 4.79 Å². The molecule has 0 radical (unpaired) electrons. The molecule has 0 aliphatic carbocycles. The van der Waals surface area contributed by atoms with Crippen molar-refractivity contribution in [2.45, 2.75) is 0 Å². The molecule has 2 aromatic heterocycles. The summed E-state index contributed by atoms with van der Waals surface area (Å²) >= 11 is 0. The number of rotatable bonds is 3. The topological polar surface area (TPSA) is 101 Å². The van der Waals surface area contributed by atoms with E-state index in [1.807, 2.05) is 6.07 Å². The lowest BCUT2D eigenvalue weighted by atomic mass is 10.2. The Morgan fingerprint density at radius 2 is 2.05 bits per heavy atom. The van der Waals surface area contributed by atoms with Gasteiger partial charge in [0.25, 0.3) is 5.89 Å². The molecule has 2 heterocycles. The van der Waals surface area contributed by atoms with E-state index in [0.717, 1.165) is 5.56 Å². The van der Waals surface area contributed by atoms with Gasteiger partial charge in [-0.1, -0.05) is 11.2 Å². The van der Waals surface area contributed by atoms with Crippen molar-refractivity contribution in [1.82, 2.24) is 15.1 Å². The lowest BCUT2D eigenvalue weighted by Gasteiger charge is -2.01. The third kappa shape index (κ3) is 2.86. The largest absolute Gasteiger partial charge is 0.465 e. The fraction of sp³-hybridized carbons (Fsp3) is 0. The molecule has 0 saturated heterocycles. The van der Waals surface area contributed by atoms with E-state index in [2.05, 4.69) is 20.4 Å². The number of carboxylic acid groups (broad SMARTS) is 1. The minimum atomic E-state index is -1.13. The summed E-state index contributed by atoms with van der Waals surface area (Å²) in [6.45, 7) is 0. The molecule has 2 N–H and O–H groups in total. The quantitative estimate of drug-likeness (QED) is 0.766. The predicted octanol–water partition coefficient (Wildman–Crippen LogP) is 2.89. The molecule has 0 atom stereocenters. The highest BCUT2D eigenvalue weighted by Crippen LogP contribution is 2.23. The van der Waals surface area contributed by atoms with Gasteiger partial charge in [0, 0.05) is 29.2 Å². The van der Waals surface area contributed by atoms with E-state index >= 15 is 0 Å². The number of pyridine rings is 1. The van der Waals surface area contributed by atoms with E-state index in [9.17, 15) is 4.79 Å². The van der Waals surface area contributed by atoms with Crippen molar-refractivity contribution in [2.24, 2.45) is 0 Å². The van der Waals surface area contributed by atoms with Gasteiger partial charge < -0.3 is 9.63 Å². The molecule has 0 bridgehead atoms. The van der Waals surface area contributed by atoms with Gasteiger partial charge in [-0.05, 0) is 30.3 Å². The molecule has 7 heteroatoms. The molecule has 3 rings (SSSR count). The Hall–Kier alpha value is -3.22. The standard InChI is InChI=1S/C14H10N4O3/c19-14(20)16-11-5-1-3-9(7-11)13-17-12(18-21-13)10-4-2-6-15-8-10/h1-8,16H,(H,19,20). The number of benzene rings is 1. The van der Waals surface area contributed by atoms with Crippen LogP contribution in [0.5, 0.6) is 0 Å². The van der Waals surface area contributed by atoms with Gasteiger partial charge in [-0.3, -0.25) is 10.3 Å². The molecular formula is C14H10N4O3. The normalized spacial score (nSPS) is 10.3. The van der Waals surface area contributed by atoms with Crippen LogP contribution in [0.1, 0.15) is 0 Å². The second-order valence-corrected chi connectivity index (χ2v) is 4.18. The highest BCUT2D eigenvalue weighted by atomic mass is 16.5. The minimum Gasteiger partial charge on any atom is -0.465 e. The smallest absolute Gasteiger partial charge is 0.409 e. The molecule has 0 aliphatic heterocycles. The van der Waals surface area contributed by atoms with E-state index in [1.54, 1.807) is 42.7 Å². The van der Waals surface area contributed by atoms with Crippen LogP contribution in [0, 0.1) is 0 Å². The van der Waals surface area contributed by atoms with Crippen molar-refractivity contribution in [3.8, 4) is 22.8 Å². The first kappa shape index (κ1) is 12.8. The molecule has 0 unspecified atom stereocenters. The molecule has 0 fully saturated rings. The Kier molecular flexibility index (Phi) is 3.30. The monoisotopic (exact) mass is 282 g/mol. The summed E-state index contributed by atoms with van der Waals surface area (Å²) < 4.78 is 5.20. The molecule has 1 amide bonds. The van der Waals surface area contributed by atoms with Crippen LogP contribution >= 0.6 is 0 Å². The number of aromatic nitrogens is 3. The zero-order valence-electron chi connectivity index (χ0n) is 10.7. The van der Waals surface area contributed by atoms with Crippen LogP contribution in [0.15, 0.2) is 53.3 Å². The maximum Gasteiger partial charge on any atom is 0.409 e. The number of anilines is 1. The molecule has 7 nitrogen and oxygen atoms in total. The Balaban J connectivity index is 1.91. The first-order chi connectivity index (χ1) is 10.2. The summed E-state index contributed by atoms with van der Waals surface area (Å²) in [5.41, 5.74) is 1.80. The summed E-state index contributed by atoms with van der Waals surface area (Å²) in [7, 11) is 0. The fourth-order valence-electron chi connectivity index (χ4n) is 1.81. The van der Waals surface area contributed by atoms with Gasteiger partial charge in [-0.15, -0.1) is 0 Å². The highest BCUT2D eigenvalue weighted by molar-refractivity contribution is 5.83. The maximum atomic E-state index is 10.6. The number of amides is 1. The summed E-state index contributed by atoms with van der Waals surface area (Å²) in [4.78, 5) is 18.9. The molecule has 1 aromatic carbocycles. The van der Waals surface area contributed by atoms with E-state index in [1.165, 1.54) is 0 Å². The van der Waals surface area contributed by atoms with Crippen LogP contribution in [-0.4, -0.2) is 26.3 Å². The molecule has 0 spiro atoms. The molecule has 0 saturated carbocycles. The number of hydrogen-bond acceptors (Lipinski definition) is 5. The molecule has 3 aromatic rings. The van der Waals surface area contributed by atoms with Crippen LogP contribution in [0.3, 0.4) is 0 Å². The van der Waals surface area contributed by atoms with E-state index in [4.69, 9.17) is 9.63 Å². The first-order valence-electron chi connectivity index (χ1n) is 6.07. The van der Waals surface area contributed by atoms with Crippen LogP contribution in [0.2, 0.25) is 0 Å². The van der Waals surface area contributed by atoms with Crippen molar-refractivity contribution < 1.29 is 14.4 Å². The van der Waals surface area contributed by atoms with Crippen molar-refractivity contribution in [2.75, 3.05) is 5.32 Å². The van der Waals surface area contributed by atoms with Gasteiger partial charge in [0.1, 0.15) is 0 Å². The third-order valence-corrected chi connectivity index (χ3v) is 2.71. The van der Waals surface area contributed by atoms with Gasteiger partial charge in [0.15, 0.2) is 0 Å². The van der Waals surface area contributed by atoms with Gasteiger partial charge >= 0.3 is 6.09 Å². The number of hydrogen-bond donors (Lipinski definition) is 2. The second kappa shape index (κ2) is 5.41. The SMILES string of the molecule is O=C(O)Nc1cccc(-c2nc(-c3cccnc3)no2)c1. The third-order valence-electron chi connectivity index (χ3n) is 2.71. The van der Waals surface area contributed by atoms with Gasteiger partial charge in [0.05, 0.1) is 0 Å². The van der Waals surface area contributed by atoms with Crippen LogP contribution in [0.4, 0.5) is 10.5 Å².